The van der Waals surface area contributed by atoms with Crippen LogP contribution in [0.5, 0.6) is 0 Å². The molecular formula is C22H28N4O3. The Bertz CT molecular complexity index is 920. The molecule has 1 aliphatic rings. The Labute approximate surface area is 171 Å². The first-order chi connectivity index (χ1) is 13.7. The van der Waals surface area contributed by atoms with Crippen LogP contribution in [-0.4, -0.2) is 51.1 Å². The van der Waals surface area contributed by atoms with Crippen molar-refractivity contribution >= 4 is 29.1 Å². The number of nitrogens with zero attached hydrogens (tertiary/aromatic N) is 3. The molecule has 7 nitrogen and oxygen atoms in total. The Morgan fingerprint density at radius 2 is 1.97 bits per heavy atom. The van der Waals surface area contributed by atoms with Crippen molar-refractivity contribution in [3.05, 3.63) is 42.2 Å². The molecule has 1 N–H and O–H groups in total. The number of ether oxygens (including phenoxy) is 1. The van der Waals surface area contributed by atoms with Crippen molar-refractivity contribution in [1.29, 1.82) is 0 Å². The van der Waals surface area contributed by atoms with Crippen molar-refractivity contribution in [1.82, 2.24) is 20.2 Å². The van der Waals surface area contributed by atoms with Crippen molar-refractivity contribution in [2.75, 3.05) is 6.54 Å². The Morgan fingerprint density at radius 3 is 2.66 bits per heavy atom. The minimum atomic E-state index is -0.525. The molecule has 1 aromatic carbocycles. The van der Waals surface area contributed by atoms with Gasteiger partial charge in [0.1, 0.15) is 5.60 Å². The van der Waals surface area contributed by atoms with E-state index >= 15 is 0 Å². The van der Waals surface area contributed by atoms with Crippen LogP contribution < -0.4 is 5.32 Å². The van der Waals surface area contributed by atoms with E-state index in [0.29, 0.717) is 25.1 Å². The van der Waals surface area contributed by atoms with Gasteiger partial charge in [0.15, 0.2) is 0 Å². The maximum Gasteiger partial charge on any atom is 0.407 e. The van der Waals surface area contributed by atoms with Gasteiger partial charge in [-0.15, -0.1) is 0 Å². The molecule has 2 aromatic rings. The number of rotatable bonds is 3. The van der Waals surface area contributed by atoms with Gasteiger partial charge in [0, 0.05) is 24.7 Å². The summed E-state index contributed by atoms with van der Waals surface area (Å²) in [6.45, 7) is 8.08. The van der Waals surface area contributed by atoms with Crippen LogP contribution in [0.15, 0.2) is 36.5 Å². The second kappa shape index (κ2) is 8.59. The Kier molecular flexibility index (Phi) is 6.15. The lowest BCUT2D eigenvalue weighted by atomic mass is 9.98. The van der Waals surface area contributed by atoms with Gasteiger partial charge in [-0.2, -0.15) is 0 Å². The number of hydrogen-bond donors (Lipinski definition) is 1. The summed E-state index contributed by atoms with van der Waals surface area (Å²) >= 11 is 0. The van der Waals surface area contributed by atoms with Gasteiger partial charge in [-0.1, -0.05) is 12.1 Å². The number of amides is 2. The van der Waals surface area contributed by atoms with Crippen LogP contribution in [0.2, 0.25) is 0 Å². The van der Waals surface area contributed by atoms with Gasteiger partial charge in [-0.05, 0) is 58.7 Å². The third-order valence-electron chi connectivity index (χ3n) is 4.74. The van der Waals surface area contributed by atoms with Gasteiger partial charge in [-0.3, -0.25) is 9.78 Å². The van der Waals surface area contributed by atoms with Crippen LogP contribution in [-0.2, 0) is 9.53 Å². The second-order valence-corrected chi connectivity index (χ2v) is 8.37. The zero-order valence-corrected chi connectivity index (χ0v) is 17.4. The third-order valence-corrected chi connectivity index (χ3v) is 4.74. The number of carbonyl (C=O) groups excluding carboxylic acids is 2. The summed E-state index contributed by atoms with van der Waals surface area (Å²) in [5.74, 6) is -0.0665. The predicted molar refractivity (Wildman–Crippen MR) is 112 cm³/mol. The highest BCUT2D eigenvalue weighted by Gasteiger charge is 2.29. The van der Waals surface area contributed by atoms with E-state index in [4.69, 9.17) is 4.74 Å². The van der Waals surface area contributed by atoms with Gasteiger partial charge < -0.3 is 15.0 Å². The zero-order chi connectivity index (χ0) is 21.0. The molecule has 2 heterocycles. The zero-order valence-electron chi connectivity index (χ0n) is 17.4. The van der Waals surface area contributed by atoms with Crippen molar-refractivity contribution in [2.24, 2.45) is 0 Å². The van der Waals surface area contributed by atoms with Gasteiger partial charge in [-0.25, -0.2) is 9.78 Å². The molecule has 1 aliphatic heterocycles. The Morgan fingerprint density at radius 1 is 1.24 bits per heavy atom. The van der Waals surface area contributed by atoms with Gasteiger partial charge in [0.25, 0.3) is 0 Å². The summed E-state index contributed by atoms with van der Waals surface area (Å²) < 4.78 is 5.31. The average Bonchev–Trinajstić information content (AvgIpc) is 2.64. The van der Waals surface area contributed by atoms with E-state index in [9.17, 15) is 9.59 Å². The number of para-hydroxylation sites is 2. The summed E-state index contributed by atoms with van der Waals surface area (Å²) in [6, 6.07) is 7.64. The summed E-state index contributed by atoms with van der Waals surface area (Å²) in [5.41, 5.74) is 1.74. The number of nitrogens with one attached hydrogen (secondary N) is 1. The predicted octanol–water partition coefficient (Wildman–Crippen LogP) is 3.55. The number of likely N-dealkylation sites (tertiary alicyclic amines) is 1. The van der Waals surface area contributed by atoms with E-state index in [1.54, 1.807) is 12.3 Å². The van der Waals surface area contributed by atoms with Crippen LogP contribution in [0.25, 0.3) is 17.1 Å². The normalized spacial score (nSPS) is 20.1. The molecule has 2 atom stereocenters. The topological polar surface area (TPSA) is 84.4 Å². The summed E-state index contributed by atoms with van der Waals surface area (Å²) in [5, 5.41) is 2.90. The van der Waals surface area contributed by atoms with Crippen LogP contribution in [0.3, 0.4) is 0 Å². The lowest BCUT2D eigenvalue weighted by molar-refractivity contribution is -0.129. The Hall–Kier alpha value is -2.96. The van der Waals surface area contributed by atoms with Crippen molar-refractivity contribution < 1.29 is 14.3 Å². The molecule has 2 amide bonds. The number of carbonyl (C=O) groups is 2. The van der Waals surface area contributed by atoms with E-state index in [1.165, 1.54) is 6.08 Å². The minimum Gasteiger partial charge on any atom is -0.444 e. The molecule has 0 spiro atoms. The molecule has 0 radical (unpaired) electrons. The van der Waals surface area contributed by atoms with Crippen molar-refractivity contribution in [2.45, 2.75) is 58.2 Å². The molecule has 29 heavy (non-hydrogen) atoms. The first-order valence-electron chi connectivity index (χ1n) is 9.91. The maximum atomic E-state index is 12.6. The fourth-order valence-electron chi connectivity index (χ4n) is 3.41. The number of benzene rings is 1. The van der Waals surface area contributed by atoms with Crippen LogP contribution in [0, 0.1) is 0 Å². The van der Waals surface area contributed by atoms with Crippen LogP contribution >= 0.6 is 0 Å². The second-order valence-electron chi connectivity index (χ2n) is 8.37. The van der Waals surface area contributed by atoms with Gasteiger partial charge in [0.2, 0.25) is 5.91 Å². The molecule has 0 saturated carbocycles. The lowest BCUT2D eigenvalue weighted by Crippen LogP contribution is -2.51. The number of fused-ring (bicyclic) bond motifs is 1. The highest BCUT2D eigenvalue weighted by molar-refractivity contribution is 5.92. The first-order valence-corrected chi connectivity index (χ1v) is 9.91. The van der Waals surface area contributed by atoms with Crippen molar-refractivity contribution in [3.63, 3.8) is 0 Å². The number of piperidine rings is 1. The largest absolute Gasteiger partial charge is 0.444 e. The molecule has 1 aromatic heterocycles. The Balaban J connectivity index is 1.56. The molecule has 154 valence electrons. The quantitative estimate of drug-likeness (QED) is 0.802. The maximum absolute atomic E-state index is 12.6. The molecule has 1 saturated heterocycles. The molecule has 2 unspecified atom stereocenters. The highest BCUT2D eigenvalue weighted by atomic mass is 16.6. The minimum absolute atomic E-state index is 0.000709. The molecule has 0 aliphatic carbocycles. The average molecular weight is 396 g/mol. The SMILES string of the molecule is CC1CC(NC(=O)OC(C)(C)C)CCN1C(=O)/C=C/c1cnc2ccccc2n1. The van der Waals surface area contributed by atoms with E-state index in [1.807, 2.05) is 56.9 Å². The third kappa shape index (κ3) is 5.76. The molecular weight excluding hydrogens is 368 g/mol. The molecule has 1 fully saturated rings. The summed E-state index contributed by atoms with van der Waals surface area (Å²) in [7, 11) is 0. The summed E-state index contributed by atoms with van der Waals surface area (Å²) in [4.78, 5) is 35.3. The lowest BCUT2D eigenvalue weighted by Gasteiger charge is -2.37. The number of hydrogen-bond acceptors (Lipinski definition) is 5. The first kappa shape index (κ1) is 20.8. The fourth-order valence-corrected chi connectivity index (χ4v) is 3.41. The monoisotopic (exact) mass is 396 g/mol. The molecule has 7 heteroatoms. The molecule has 3 rings (SSSR count). The smallest absolute Gasteiger partial charge is 0.407 e. The highest BCUT2D eigenvalue weighted by Crippen LogP contribution is 2.19. The van der Waals surface area contributed by atoms with E-state index in [-0.39, 0.29) is 18.0 Å². The van der Waals surface area contributed by atoms with Crippen molar-refractivity contribution in [3.8, 4) is 0 Å². The van der Waals surface area contributed by atoms with Crippen LogP contribution in [0.1, 0.15) is 46.2 Å². The fraction of sp³-hybridized carbons (Fsp3) is 0.455. The summed E-state index contributed by atoms with van der Waals surface area (Å²) in [6.07, 6.45) is 5.86. The number of alkyl carbamates (subject to hydrolysis) is 1. The van der Waals surface area contributed by atoms with Gasteiger partial charge >= 0.3 is 6.09 Å². The standard InChI is InChI=1S/C22H28N4O3/c1-15-13-16(25-21(28)29-22(2,3)4)11-12-26(15)20(27)10-9-17-14-23-18-7-5-6-8-19(18)24-17/h5-10,14-16H,11-13H2,1-4H3,(H,25,28)/b10-9+. The van der Waals surface area contributed by atoms with Crippen LogP contribution in [0.4, 0.5) is 4.79 Å². The van der Waals surface area contributed by atoms with E-state index in [2.05, 4.69) is 15.3 Å². The van der Waals surface area contributed by atoms with Gasteiger partial charge in [0.05, 0.1) is 22.9 Å². The molecule has 0 bridgehead atoms. The number of aromatic nitrogens is 2. The van der Waals surface area contributed by atoms with E-state index < -0.39 is 11.7 Å². The van der Waals surface area contributed by atoms with E-state index in [0.717, 1.165) is 11.0 Å².